The molecule has 2 atom stereocenters. The highest BCUT2D eigenvalue weighted by molar-refractivity contribution is 5.15. The Balaban J connectivity index is 1.77. The lowest BCUT2D eigenvalue weighted by atomic mass is 10.0. The first kappa shape index (κ1) is 10.4. The fourth-order valence-corrected chi connectivity index (χ4v) is 1.65. The molecule has 1 aromatic heterocycles. The van der Waals surface area contributed by atoms with E-state index in [-0.39, 0.29) is 6.04 Å². The third-order valence-corrected chi connectivity index (χ3v) is 2.65. The molecule has 1 aromatic rings. The van der Waals surface area contributed by atoms with Gasteiger partial charge in [-0.2, -0.15) is 0 Å². The lowest BCUT2D eigenvalue weighted by Crippen LogP contribution is -2.36. The van der Waals surface area contributed by atoms with Gasteiger partial charge in [0.1, 0.15) is 12.4 Å². The van der Waals surface area contributed by atoms with E-state index in [1.807, 2.05) is 12.1 Å². The van der Waals surface area contributed by atoms with Crippen LogP contribution in [0.25, 0.3) is 0 Å². The van der Waals surface area contributed by atoms with Crippen LogP contribution in [-0.2, 0) is 4.74 Å². The summed E-state index contributed by atoms with van der Waals surface area (Å²) < 4.78 is 10.8. The van der Waals surface area contributed by atoms with Crippen LogP contribution in [0.1, 0.15) is 6.42 Å². The SMILES string of the molecule is NC(COc1cccnc1)C1CCOC1. The van der Waals surface area contributed by atoms with Crippen LogP contribution in [0.3, 0.4) is 0 Å². The maximum Gasteiger partial charge on any atom is 0.137 e. The minimum Gasteiger partial charge on any atom is -0.490 e. The van der Waals surface area contributed by atoms with E-state index in [0.717, 1.165) is 25.4 Å². The van der Waals surface area contributed by atoms with E-state index in [0.29, 0.717) is 12.5 Å². The molecule has 2 heterocycles. The lowest BCUT2D eigenvalue weighted by molar-refractivity contribution is 0.170. The second-order valence-electron chi connectivity index (χ2n) is 3.79. The Labute approximate surface area is 89.4 Å². The standard InChI is InChI=1S/C11H16N2O2/c12-11(9-3-5-14-7-9)8-15-10-2-1-4-13-6-10/h1-2,4,6,9,11H,3,5,7-8,12H2. The van der Waals surface area contributed by atoms with Crippen LogP contribution in [0.4, 0.5) is 0 Å². The van der Waals surface area contributed by atoms with E-state index in [9.17, 15) is 0 Å². The molecule has 15 heavy (non-hydrogen) atoms. The van der Waals surface area contributed by atoms with E-state index in [1.165, 1.54) is 0 Å². The molecule has 1 aliphatic heterocycles. The molecule has 2 rings (SSSR count). The molecular formula is C11H16N2O2. The van der Waals surface area contributed by atoms with E-state index in [1.54, 1.807) is 12.4 Å². The Bertz CT molecular complexity index is 286. The number of nitrogens with zero attached hydrogens (tertiary/aromatic N) is 1. The summed E-state index contributed by atoms with van der Waals surface area (Å²) in [5, 5.41) is 0. The van der Waals surface area contributed by atoms with Crippen LogP contribution < -0.4 is 10.5 Å². The number of hydrogen-bond donors (Lipinski definition) is 1. The molecule has 0 amide bonds. The number of pyridine rings is 1. The van der Waals surface area contributed by atoms with Gasteiger partial charge in [-0.3, -0.25) is 4.98 Å². The molecule has 0 radical (unpaired) electrons. The topological polar surface area (TPSA) is 57.4 Å². The molecule has 4 nitrogen and oxygen atoms in total. The van der Waals surface area contributed by atoms with Crippen LogP contribution in [0.5, 0.6) is 5.75 Å². The van der Waals surface area contributed by atoms with E-state index in [4.69, 9.17) is 15.2 Å². The van der Waals surface area contributed by atoms with Gasteiger partial charge in [-0.1, -0.05) is 0 Å². The van der Waals surface area contributed by atoms with Crippen LogP contribution in [-0.4, -0.2) is 30.8 Å². The maximum absolute atomic E-state index is 6.00. The monoisotopic (exact) mass is 208 g/mol. The van der Waals surface area contributed by atoms with Crippen molar-refractivity contribution in [3.05, 3.63) is 24.5 Å². The van der Waals surface area contributed by atoms with Crippen molar-refractivity contribution in [3.63, 3.8) is 0 Å². The summed E-state index contributed by atoms with van der Waals surface area (Å²) >= 11 is 0. The van der Waals surface area contributed by atoms with Gasteiger partial charge in [-0.15, -0.1) is 0 Å². The minimum absolute atomic E-state index is 0.0488. The Morgan fingerprint density at radius 2 is 2.60 bits per heavy atom. The molecule has 4 heteroatoms. The van der Waals surface area contributed by atoms with Crippen LogP contribution in [0, 0.1) is 5.92 Å². The van der Waals surface area contributed by atoms with Gasteiger partial charge in [0.2, 0.25) is 0 Å². The average Bonchev–Trinajstić information content (AvgIpc) is 2.81. The fourth-order valence-electron chi connectivity index (χ4n) is 1.65. The summed E-state index contributed by atoms with van der Waals surface area (Å²) in [5.41, 5.74) is 6.00. The first-order valence-electron chi connectivity index (χ1n) is 5.22. The van der Waals surface area contributed by atoms with Gasteiger partial charge in [-0.05, 0) is 18.6 Å². The predicted molar refractivity (Wildman–Crippen MR) is 56.6 cm³/mol. The Hall–Kier alpha value is -1.13. The van der Waals surface area contributed by atoms with Crippen molar-refractivity contribution in [2.24, 2.45) is 11.7 Å². The molecular weight excluding hydrogens is 192 g/mol. The molecule has 0 saturated carbocycles. The number of ether oxygens (including phenoxy) is 2. The van der Waals surface area contributed by atoms with Crippen LogP contribution in [0.15, 0.2) is 24.5 Å². The molecule has 0 bridgehead atoms. The molecule has 1 fully saturated rings. The minimum atomic E-state index is 0.0488. The van der Waals surface area contributed by atoms with Gasteiger partial charge in [0, 0.05) is 24.8 Å². The molecule has 82 valence electrons. The molecule has 2 unspecified atom stereocenters. The fraction of sp³-hybridized carbons (Fsp3) is 0.545. The molecule has 1 aliphatic rings. The molecule has 2 N–H and O–H groups in total. The van der Waals surface area contributed by atoms with E-state index < -0.39 is 0 Å². The van der Waals surface area contributed by atoms with Crippen LogP contribution in [0.2, 0.25) is 0 Å². The summed E-state index contributed by atoms with van der Waals surface area (Å²) in [5.74, 6) is 1.20. The smallest absolute Gasteiger partial charge is 0.137 e. The quantitative estimate of drug-likeness (QED) is 0.796. The number of rotatable bonds is 4. The Morgan fingerprint density at radius 1 is 1.67 bits per heavy atom. The average molecular weight is 208 g/mol. The second-order valence-corrected chi connectivity index (χ2v) is 3.79. The molecule has 0 aliphatic carbocycles. The zero-order chi connectivity index (χ0) is 10.5. The molecule has 0 aromatic carbocycles. The van der Waals surface area contributed by atoms with Gasteiger partial charge >= 0.3 is 0 Å². The van der Waals surface area contributed by atoms with Crippen molar-refractivity contribution in [2.45, 2.75) is 12.5 Å². The van der Waals surface area contributed by atoms with Crippen molar-refractivity contribution >= 4 is 0 Å². The molecule has 1 saturated heterocycles. The number of aromatic nitrogens is 1. The zero-order valence-corrected chi connectivity index (χ0v) is 8.63. The third kappa shape index (κ3) is 2.91. The summed E-state index contributed by atoms with van der Waals surface area (Å²) in [6, 6.07) is 3.78. The van der Waals surface area contributed by atoms with Gasteiger partial charge in [0.25, 0.3) is 0 Å². The maximum atomic E-state index is 6.00. The van der Waals surface area contributed by atoms with Gasteiger partial charge in [0.05, 0.1) is 12.8 Å². The summed E-state index contributed by atoms with van der Waals surface area (Å²) in [6.45, 7) is 2.11. The Morgan fingerprint density at radius 3 is 3.27 bits per heavy atom. The first-order valence-corrected chi connectivity index (χ1v) is 5.22. The summed E-state index contributed by atoms with van der Waals surface area (Å²) in [6.07, 6.45) is 4.45. The summed E-state index contributed by atoms with van der Waals surface area (Å²) in [7, 11) is 0. The van der Waals surface area contributed by atoms with Crippen molar-refractivity contribution in [1.82, 2.24) is 4.98 Å². The first-order chi connectivity index (χ1) is 7.36. The van der Waals surface area contributed by atoms with Crippen molar-refractivity contribution in [1.29, 1.82) is 0 Å². The highest BCUT2D eigenvalue weighted by atomic mass is 16.5. The summed E-state index contributed by atoms with van der Waals surface area (Å²) in [4.78, 5) is 3.97. The van der Waals surface area contributed by atoms with Crippen LogP contribution >= 0.6 is 0 Å². The zero-order valence-electron chi connectivity index (χ0n) is 8.63. The molecule has 0 spiro atoms. The van der Waals surface area contributed by atoms with Gasteiger partial charge in [-0.25, -0.2) is 0 Å². The number of nitrogens with two attached hydrogens (primary N) is 1. The number of hydrogen-bond acceptors (Lipinski definition) is 4. The lowest BCUT2D eigenvalue weighted by Gasteiger charge is -2.17. The highest BCUT2D eigenvalue weighted by Gasteiger charge is 2.23. The van der Waals surface area contributed by atoms with Gasteiger partial charge in [0.15, 0.2) is 0 Å². The third-order valence-electron chi connectivity index (χ3n) is 2.65. The van der Waals surface area contributed by atoms with Crippen molar-refractivity contribution in [2.75, 3.05) is 19.8 Å². The van der Waals surface area contributed by atoms with Gasteiger partial charge < -0.3 is 15.2 Å². The van der Waals surface area contributed by atoms with E-state index in [2.05, 4.69) is 4.98 Å². The normalized spacial score (nSPS) is 22.6. The van der Waals surface area contributed by atoms with Crippen molar-refractivity contribution < 1.29 is 9.47 Å². The predicted octanol–water partition coefficient (Wildman–Crippen LogP) is 0.824. The van der Waals surface area contributed by atoms with Crippen molar-refractivity contribution in [3.8, 4) is 5.75 Å². The Kier molecular flexibility index (Phi) is 3.53. The van der Waals surface area contributed by atoms with E-state index >= 15 is 0 Å². The largest absolute Gasteiger partial charge is 0.490 e. The highest BCUT2D eigenvalue weighted by Crippen LogP contribution is 2.16. The second kappa shape index (κ2) is 5.09.